The van der Waals surface area contributed by atoms with Gasteiger partial charge in [0, 0.05) is 12.6 Å². The van der Waals surface area contributed by atoms with E-state index in [-0.39, 0.29) is 5.69 Å². The normalized spacial score (nSPS) is 10.5. The van der Waals surface area contributed by atoms with Gasteiger partial charge in [0.1, 0.15) is 12.4 Å². The second-order valence-corrected chi connectivity index (χ2v) is 4.53. The standard InChI is InChI=1S/C15H14N4O2/c1-18-15(20)19(17-16-18)14-10-6-5-7-12(14)11-21-13-8-3-2-4-9-13/h2-10H,11H2,1H3. The summed E-state index contributed by atoms with van der Waals surface area (Å²) in [4.78, 5) is 12.0. The molecule has 1 aromatic heterocycles. The molecular weight excluding hydrogens is 268 g/mol. The number of nitrogens with zero attached hydrogens (tertiary/aromatic N) is 4. The average Bonchev–Trinajstić information content (AvgIpc) is 2.86. The van der Waals surface area contributed by atoms with Crippen LogP contribution in [0.25, 0.3) is 5.69 Å². The summed E-state index contributed by atoms with van der Waals surface area (Å²) in [7, 11) is 1.56. The van der Waals surface area contributed by atoms with Crippen LogP contribution in [0.2, 0.25) is 0 Å². The summed E-state index contributed by atoms with van der Waals surface area (Å²) in [6.45, 7) is 0.350. The number of benzene rings is 2. The molecule has 0 aliphatic rings. The summed E-state index contributed by atoms with van der Waals surface area (Å²) in [6.07, 6.45) is 0. The minimum atomic E-state index is -0.290. The Labute approximate surface area is 121 Å². The van der Waals surface area contributed by atoms with E-state index in [1.165, 1.54) is 9.36 Å². The number of hydrogen-bond acceptors (Lipinski definition) is 4. The summed E-state index contributed by atoms with van der Waals surface area (Å²) in [5.74, 6) is 0.777. The lowest BCUT2D eigenvalue weighted by Gasteiger charge is -2.09. The predicted octanol–water partition coefficient (Wildman–Crippen LogP) is 1.54. The van der Waals surface area contributed by atoms with Crippen molar-refractivity contribution in [2.24, 2.45) is 7.05 Å². The largest absolute Gasteiger partial charge is 0.489 e. The average molecular weight is 282 g/mol. The van der Waals surface area contributed by atoms with E-state index in [9.17, 15) is 4.79 Å². The van der Waals surface area contributed by atoms with Crippen molar-refractivity contribution in [3.8, 4) is 11.4 Å². The molecule has 0 fully saturated rings. The topological polar surface area (TPSA) is 61.9 Å². The van der Waals surface area contributed by atoms with Crippen molar-refractivity contribution in [3.05, 3.63) is 70.6 Å². The first-order valence-corrected chi connectivity index (χ1v) is 6.51. The summed E-state index contributed by atoms with van der Waals surface area (Å²) in [6, 6.07) is 17.0. The van der Waals surface area contributed by atoms with Crippen molar-refractivity contribution in [1.29, 1.82) is 0 Å². The lowest BCUT2D eigenvalue weighted by molar-refractivity contribution is 0.305. The quantitative estimate of drug-likeness (QED) is 0.728. The zero-order chi connectivity index (χ0) is 14.7. The monoisotopic (exact) mass is 282 g/mol. The molecule has 0 bridgehead atoms. The van der Waals surface area contributed by atoms with E-state index in [1.807, 2.05) is 54.6 Å². The van der Waals surface area contributed by atoms with E-state index >= 15 is 0 Å². The van der Waals surface area contributed by atoms with E-state index in [4.69, 9.17) is 4.74 Å². The van der Waals surface area contributed by atoms with Gasteiger partial charge in [-0.05, 0) is 28.6 Å². The Morgan fingerprint density at radius 3 is 2.43 bits per heavy atom. The van der Waals surface area contributed by atoms with E-state index in [1.54, 1.807) is 7.05 Å². The molecule has 2 aromatic carbocycles. The van der Waals surface area contributed by atoms with Crippen molar-refractivity contribution >= 4 is 0 Å². The summed E-state index contributed by atoms with van der Waals surface area (Å²) in [5.41, 5.74) is 1.25. The highest BCUT2D eigenvalue weighted by Crippen LogP contribution is 2.16. The Morgan fingerprint density at radius 1 is 1.00 bits per heavy atom. The van der Waals surface area contributed by atoms with Crippen molar-refractivity contribution in [1.82, 2.24) is 19.8 Å². The maximum atomic E-state index is 12.0. The summed E-state index contributed by atoms with van der Waals surface area (Å²) >= 11 is 0. The van der Waals surface area contributed by atoms with Crippen LogP contribution in [-0.2, 0) is 13.7 Å². The van der Waals surface area contributed by atoms with E-state index < -0.39 is 0 Å². The van der Waals surface area contributed by atoms with Gasteiger partial charge in [0.25, 0.3) is 0 Å². The second-order valence-electron chi connectivity index (χ2n) is 4.53. The molecule has 3 aromatic rings. The first-order chi connectivity index (χ1) is 10.3. The molecule has 0 saturated heterocycles. The molecule has 6 nitrogen and oxygen atoms in total. The Balaban J connectivity index is 1.90. The maximum Gasteiger partial charge on any atom is 0.368 e. The second kappa shape index (κ2) is 5.62. The molecule has 0 atom stereocenters. The highest BCUT2D eigenvalue weighted by molar-refractivity contribution is 5.39. The van der Waals surface area contributed by atoms with Gasteiger partial charge in [-0.15, -0.1) is 0 Å². The molecule has 0 spiro atoms. The van der Waals surface area contributed by atoms with Crippen molar-refractivity contribution in [2.75, 3.05) is 0 Å². The van der Waals surface area contributed by atoms with Gasteiger partial charge in [0.15, 0.2) is 0 Å². The number of para-hydroxylation sites is 2. The van der Waals surface area contributed by atoms with Gasteiger partial charge in [0.05, 0.1) is 5.69 Å². The van der Waals surface area contributed by atoms with Crippen LogP contribution < -0.4 is 10.4 Å². The van der Waals surface area contributed by atoms with Gasteiger partial charge in [0.2, 0.25) is 0 Å². The van der Waals surface area contributed by atoms with Crippen LogP contribution in [0.5, 0.6) is 5.75 Å². The van der Waals surface area contributed by atoms with Crippen LogP contribution in [0.4, 0.5) is 0 Å². The van der Waals surface area contributed by atoms with E-state index in [0.29, 0.717) is 12.3 Å². The van der Waals surface area contributed by atoms with Gasteiger partial charge >= 0.3 is 5.69 Å². The molecule has 0 aliphatic heterocycles. The third kappa shape index (κ3) is 2.69. The van der Waals surface area contributed by atoms with Crippen LogP contribution in [0.15, 0.2) is 59.4 Å². The predicted molar refractivity (Wildman–Crippen MR) is 77.4 cm³/mol. The molecule has 106 valence electrons. The number of aromatic nitrogens is 4. The molecular formula is C15H14N4O2. The molecule has 0 N–H and O–H groups in total. The fraction of sp³-hybridized carbons (Fsp3) is 0.133. The van der Waals surface area contributed by atoms with Gasteiger partial charge in [-0.1, -0.05) is 36.4 Å². The fourth-order valence-electron chi connectivity index (χ4n) is 1.98. The minimum absolute atomic E-state index is 0.290. The Hall–Kier alpha value is -2.89. The SMILES string of the molecule is Cn1nnn(-c2ccccc2COc2ccccc2)c1=O. The summed E-state index contributed by atoms with van der Waals surface area (Å²) in [5, 5.41) is 7.59. The number of hydrogen-bond donors (Lipinski definition) is 0. The molecule has 0 saturated carbocycles. The third-order valence-corrected chi connectivity index (χ3v) is 3.08. The van der Waals surface area contributed by atoms with Crippen LogP contribution in [-0.4, -0.2) is 19.8 Å². The van der Waals surface area contributed by atoms with Crippen molar-refractivity contribution in [2.45, 2.75) is 6.61 Å². The van der Waals surface area contributed by atoms with Crippen molar-refractivity contribution in [3.63, 3.8) is 0 Å². The Kier molecular flexibility index (Phi) is 3.51. The number of aryl methyl sites for hydroxylation is 1. The number of rotatable bonds is 4. The zero-order valence-corrected chi connectivity index (χ0v) is 11.5. The van der Waals surface area contributed by atoms with Gasteiger partial charge < -0.3 is 4.74 Å². The highest BCUT2D eigenvalue weighted by atomic mass is 16.5. The molecule has 21 heavy (non-hydrogen) atoms. The molecule has 0 unspecified atom stereocenters. The van der Waals surface area contributed by atoms with Crippen molar-refractivity contribution < 1.29 is 4.74 Å². The zero-order valence-electron chi connectivity index (χ0n) is 11.5. The first-order valence-electron chi connectivity index (χ1n) is 6.51. The lowest BCUT2D eigenvalue weighted by Crippen LogP contribution is -2.23. The lowest BCUT2D eigenvalue weighted by atomic mass is 10.2. The Morgan fingerprint density at radius 2 is 1.71 bits per heavy atom. The van der Waals surface area contributed by atoms with Gasteiger partial charge in [-0.25, -0.2) is 4.79 Å². The molecule has 6 heteroatoms. The van der Waals surface area contributed by atoms with Crippen LogP contribution in [0, 0.1) is 0 Å². The third-order valence-electron chi connectivity index (χ3n) is 3.08. The molecule has 3 rings (SSSR count). The number of ether oxygens (including phenoxy) is 1. The maximum absolute atomic E-state index is 12.0. The summed E-state index contributed by atoms with van der Waals surface area (Å²) < 4.78 is 8.19. The Bertz CT molecular complexity index is 793. The first kappa shape index (κ1) is 13.1. The highest BCUT2D eigenvalue weighted by Gasteiger charge is 2.10. The molecule has 0 amide bonds. The number of tetrazole rings is 1. The van der Waals surface area contributed by atoms with Crippen LogP contribution >= 0.6 is 0 Å². The van der Waals surface area contributed by atoms with Crippen LogP contribution in [0.1, 0.15) is 5.56 Å². The van der Waals surface area contributed by atoms with E-state index in [0.717, 1.165) is 11.3 Å². The van der Waals surface area contributed by atoms with Gasteiger partial charge in [-0.3, -0.25) is 0 Å². The fourth-order valence-corrected chi connectivity index (χ4v) is 1.98. The van der Waals surface area contributed by atoms with Crippen LogP contribution in [0.3, 0.4) is 0 Å². The molecule has 0 radical (unpaired) electrons. The minimum Gasteiger partial charge on any atom is -0.489 e. The van der Waals surface area contributed by atoms with E-state index in [2.05, 4.69) is 10.4 Å². The smallest absolute Gasteiger partial charge is 0.368 e. The molecule has 1 heterocycles. The molecule has 0 aliphatic carbocycles. The van der Waals surface area contributed by atoms with Gasteiger partial charge in [-0.2, -0.15) is 9.36 Å².